The first-order valence-electron chi connectivity index (χ1n) is 9.29. The van der Waals surface area contributed by atoms with Crippen LogP contribution in [0.15, 0.2) is 53.7 Å². The molecule has 1 aromatic heterocycles. The Morgan fingerprint density at radius 3 is 2.80 bits per heavy atom. The molecule has 0 spiro atoms. The number of aromatic nitrogens is 1. The van der Waals surface area contributed by atoms with Crippen LogP contribution in [0.3, 0.4) is 0 Å². The molecule has 3 aliphatic heterocycles. The van der Waals surface area contributed by atoms with Gasteiger partial charge in [-0.25, -0.2) is 0 Å². The first-order chi connectivity index (χ1) is 12.3. The fraction of sp³-hybridized carbons (Fsp3) is 0.476. The van der Waals surface area contributed by atoms with Gasteiger partial charge in [0.05, 0.1) is 0 Å². The Kier molecular flexibility index (Phi) is 5.39. The summed E-state index contributed by atoms with van der Waals surface area (Å²) in [4.78, 5) is 11.1. The number of benzene rings is 1. The highest BCUT2D eigenvalue weighted by Gasteiger charge is 2.34. The van der Waals surface area contributed by atoms with Crippen molar-refractivity contribution in [3.05, 3.63) is 59.9 Å². The van der Waals surface area contributed by atoms with Gasteiger partial charge in [0.25, 0.3) is 0 Å². The first kappa shape index (κ1) is 17.1. The maximum atomic E-state index is 4.28. The molecule has 25 heavy (non-hydrogen) atoms. The topological polar surface area (TPSA) is 19.4 Å². The van der Waals surface area contributed by atoms with E-state index in [-0.39, 0.29) is 0 Å². The molecule has 1 aromatic carbocycles. The molecule has 0 unspecified atom stereocenters. The van der Waals surface area contributed by atoms with Gasteiger partial charge >= 0.3 is 0 Å². The summed E-state index contributed by atoms with van der Waals surface area (Å²) in [5, 5.41) is 0. The van der Waals surface area contributed by atoms with Crippen molar-refractivity contribution in [2.24, 2.45) is 5.92 Å². The summed E-state index contributed by atoms with van der Waals surface area (Å²) in [5.41, 5.74) is 2.82. The smallest absolute Gasteiger partial charge is 0.0312 e. The van der Waals surface area contributed by atoms with Crippen molar-refractivity contribution >= 4 is 11.8 Å². The van der Waals surface area contributed by atoms with Crippen LogP contribution >= 0.6 is 11.8 Å². The van der Waals surface area contributed by atoms with Crippen LogP contribution in [-0.2, 0) is 13.1 Å². The monoisotopic (exact) mass is 353 g/mol. The van der Waals surface area contributed by atoms with E-state index in [2.05, 4.69) is 51.4 Å². The average Bonchev–Trinajstić information content (AvgIpc) is 2.93. The van der Waals surface area contributed by atoms with Gasteiger partial charge in [0.15, 0.2) is 0 Å². The fourth-order valence-electron chi connectivity index (χ4n) is 4.40. The SMILES string of the molecule is CSc1ccccc1CN1C[C@H]2CC[C@@H]1CN(Cc1cccnc1)C2. The number of thioether (sulfide) groups is 1. The molecule has 0 aliphatic carbocycles. The zero-order valence-corrected chi connectivity index (χ0v) is 15.8. The molecule has 3 aliphatic rings. The lowest BCUT2D eigenvalue weighted by Crippen LogP contribution is -2.43. The maximum absolute atomic E-state index is 4.28. The van der Waals surface area contributed by atoms with Gasteiger partial charge in [-0.3, -0.25) is 14.8 Å². The third-order valence-corrected chi connectivity index (χ3v) is 6.44. The molecule has 0 saturated carbocycles. The number of rotatable bonds is 5. The summed E-state index contributed by atoms with van der Waals surface area (Å²) in [6.45, 7) is 5.80. The van der Waals surface area contributed by atoms with Crippen molar-refractivity contribution in [2.45, 2.75) is 36.9 Å². The lowest BCUT2D eigenvalue weighted by Gasteiger charge is -2.36. The summed E-state index contributed by atoms with van der Waals surface area (Å²) in [6.07, 6.45) is 8.79. The summed E-state index contributed by atoms with van der Waals surface area (Å²) in [5.74, 6) is 0.803. The highest BCUT2D eigenvalue weighted by molar-refractivity contribution is 7.98. The molecule has 4 heteroatoms. The predicted octanol–water partition coefficient (Wildman–Crippen LogP) is 3.90. The van der Waals surface area contributed by atoms with Gasteiger partial charge in [0, 0.05) is 56.1 Å². The van der Waals surface area contributed by atoms with E-state index in [1.165, 1.54) is 48.5 Å². The highest BCUT2D eigenvalue weighted by Crippen LogP contribution is 2.31. The summed E-state index contributed by atoms with van der Waals surface area (Å²) < 4.78 is 0. The molecular formula is C21H27N3S. The molecule has 2 atom stereocenters. The standard InChI is InChI=1S/C21H27N3S/c1-25-21-7-3-2-6-19(21)15-24-14-18-8-9-20(24)16-23(13-18)12-17-5-4-10-22-11-17/h2-7,10-11,18,20H,8-9,12-16H2,1H3/t18-,20+/m0/s1. The Morgan fingerprint density at radius 2 is 1.96 bits per heavy atom. The van der Waals surface area contributed by atoms with Crippen molar-refractivity contribution in [3.63, 3.8) is 0 Å². The van der Waals surface area contributed by atoms with Crippen LogP contribution in [-0.4, -0.2) is 46.7 Å². The minimum Gasteiger partial charge on any atom is -0.297 e. The van der Waals surface area contributed by atoms with Crippen molar-refractivity contribution in [3.8, 4) is 0 Å². The zero-order valence-electron chi connectivity index (χ0n) is 15.0. The number of hydrogen-bond donors (Lipinski definition) is 0. The lowest BCUT2D eigenvalue weighted by atomic mass is 9.94. The average molecular weight is 354 g/mol. The second-order valence-electron chi connectivity index (χ2n) is 7.39. The van der Waals surface area contributed by atoms with Crippen molar-refractivity contribution < 1.29 is 0 Å². The number of hydrogen-bond acceptors (Lipinski definition) is 4. The van der Waals surface area contributed by atoms with Gasteiger partial charge in [-0.1, -0.05) is 24.3 Å². The first-order valence-corrected chi connectivity index (χ1v) is 10.5. The van der Waals surface area contributed by atoms with E-state index in [0.29, 0.717) is 6.04 Å². The van der Waals surface area contributed by atoms with Gasteiger partial charge in [-0.2, -0.15) is 0 Å². The fourth-order valence-corrected chi connectivity index (χ4v) is 5.01. The number of fused-ring (bicyclic) bond motifs is 4. The van der Waals surface area contributed by atoms with E-state index >= 15 is 0 Å². The van der Waals surface area contributed by atoms with Crippen molar-refractivity contribution in [1.29, 1.82) is 0 Å². The molecule has 0 amide bonds. The predicted molar refractivity (Wildman–Crippen MR) is 105 cm³/mol. The normalized spacial score (nSPS) is 24.4. The van der Waals surface area contributed by atoms with E-state index in [0.717, 1.165) is 19.0 Å². The molecule has 3 nitrogen and oxygen atoms in total. The highest BCUT2D eigenvalue weighted by atomic mass is 32.2. The van der Waals surface area contributed by atoms with Gasteiger partial charge in [0.2, 0.25) is 0 Å². The second kappa shape index (κ2) is 7.90. The summed E-state index contributed by atoms with van der Waals surface area (Å²) >= 11 is 1.87. The van der Waals surface area contributed by atoms with E-state index < -0.39 is 0 Å². The van der Waals surface area contributed by atoms with E-state index in [1.807, 2.05) is 30.2 Å². The van der Waals surface area contributed by atoms with Gasteiger partial charge < -0.3 is 0 Å². The number of piperidine rings is 1. The number of pyridine rings is 1. The van der Waals surface area contributed by atoms with Crippen LogP contribution < -0.4 is 0 Å². The molecule has 3 fully saturated rings. The molecule has 0 N–H and O–H groups in total. The molecule has 0 radical (unpaired) electrons. The third-order valence-electron chi connectivity index (χ3n) is 5.60. The van der Waals surface area contributed by atoms with E-state index in [9.17, 15) is 0 Å². The van der Waals surface area contributed by atoms with Crippen molar-refractivity contribution in [2.75, 3.05) is 25.9 Å². The third kappa shape index (κ3) is 4.08. The van der Waals surface area contributed by atoms with Gasteiger partial charge in [0.1, 0.15) is 0 Å². The van der Waals surface area contributed by atoms with Crippen LogP contribution in [0.25, 0.3) is 0 Å². The minimum atomic E-state index is 0.685. The van der Waals surface area contributed by atoms with Crippen LogP contribution in [0.2, 0.25) is 0 Å². The van der Waals surface area contributed by atoms with Crippen LogP contribution in [0.1, 0.15) is 24.0 Å². The number of nitrogens with zero attached hydrogens (tertiary/aromatic N) is 3. The zero-order chi connectivity index (χ0) is 17.1. The molecule has 2 bridgehead atoms. The van der Waals surface area contributed by atoms with Crippen LogP contribution in [0, 0.1) is 5.92 Å². The van der Waals surface area contributed by atoms with Crippen LogP contribution in [0.4, 0.5) is 0 Å². The van der Waals surface area contributed by atoms with E-state index in [1.54, 1.807) is 0 Å². The maximum Gasteiger partial charge on any atom is 0.0312 e. The molecule has 132 valence electrons. The Labute approximate surface area is 155 Å². The Balaban J connectivity index is 1.46. The quantitative estimate of drug-likeness (QED) is 0.759. The summed E-state index contributed by atoms with van der Waals surface area (Å²) in [6, 6.07) is 13.8. The summed E-state index contributed by atoms with van der Waals surface area (Å²) in [7, 11) is 0. The molecule has 2 aromatic rings. The van der Waals surface area contributed by atoms with Crippen molar-refractivity contribution in [1.82, 2.24) is 14.8 Å². The Bertz CT molecular complexity index is 691. The lowest BCUT2D eigenvalue weighted by molar-refractivity contribution is 0.122. The molecule has 3 saturated heterocycles. The molecule has 4 heterocycles. The van der Waals surface area contributed by atoms with E-state index in [4.69, 9.17) is 0 Å². The van der Waals surface area contributed by atoms with Gasteiger partial charge in [-0.05, 0) is 48.3 Å². The second-order valence-corrected chi connectivity index (χ2v) is 8.24. The molecular weight excluding hydrogens is 326 g/mol. The van der Waals surface area contributed by atoms with Crippen LogP contribution in [0.5, 0.6) is 0 Å². The van der Waals surface area contributed by atoms with Gasteiger partial charge in [-0.15, -0.1) is 11.8 Å². The Morgan fingerprint density at radius 1 is 1.04 bits per heavy atom. The molecule has 5 rings (SSSR count). The largest absolute Gasteiger partial charge is 0.297 e. The minimum absolute atomic E-state index is 0.685. The Hall–Kier alpha value is -1.36.